The maximum atomic E-state index is 11.6. The predicted octanol–water partition coefficient (Wildman–Crippen LogP) is 4.04. The summed E-state index contributed by atoms with van der Waals surface area (Å²) in [6.45, 7) is 0. The molecule has 1 aliphatic carbocycles. The van der Waals surface area contributed by atoms with Gasteiger partial charge in [-0.25, -0.2) is 0 Å². The molecule has 0 N–H and O–H groups in total. The average molecular weight is 300 g/mol. The molecule has 0 radical (unpaired) electrons. The zero-order valence-electron chi connectivity index (χ0n) is 10.6. The maximum Gasteiger partial charge on any atom is 0.216 e. The third-order valence-electron chi connectivity index (χ3n) is 3.34. The van der Waals surface area contributed by atoms with Crippen LogP contribution in [0.15, 0.2) is 52.3 Å². The van der Waals surface area contributed by atoms with Crippen molar-refractivity contribution >= 4 is 35.3 Å². The van der Waals surface area contributed by atoms with Gasteiger partial charge in [0.1, 0.15) is 0 Å². The molecule has 20 heavy (non-hydrogen) atoms. The van der Waals surface area contributed by atoms with Gasteiger partial charge in [0.25, 0.3) is 0 Å². The second-order valence-corrected chi connectivity index (χ2v) is 6.23. The summed E-state index contributed by atoms with van der Waals surface area (Å²) in [4.78, 5) is 24.9. The highest BCUT2D eigenvalue weighted by Crippen LogP contribution is 2.32. The third-order valence-corrected chi connectivity index (χ3v) is 4.59. The molecule has 2 aromatic rings. The van der Waals surface area contributed by atoms with E-state index in [0.717, 1.165) is 27.3 Å². The average Bonchev–Trinajstić information content (AvgIpc) is 2.81. The minimum absolute atomic E-state index is 0.224. The highest BCUT2D eigenvalue weighted by Gasteiger charge is 2.19. The van der Waals surface area contributed by atoms with Crippen LogP contribution < -0.4 is 0 Å². The first-order chi connectivity index (χ1) is 9.63. The van der Waals surface area contributed by atoms with Gasteiger partial charge in [-0.15, -0.1) is 12.6 Å². The summed E-state index contributed by atoms with van der Waals surface area (Å²) in [6.07, 6.45) is 1.47. The molecule has 0 saturated carbocycles. The SMILES string of the molecule is O=C(S)c1ccc(Sc2ccc3c(c2)CCC3=O)cc1. The molecule has 0 spiro atoms. The quantitative estimate of drug-likeness (QED) is 0.869. The van der Waals surface area contributed by atoms with Crippen molar-refractivity contribution in [2.75, 3.05) is 0 Å². The van der Waals surface area contributed by atoms with Gasteiger partial charge in [0.15, 0.2) is 5.78 Å². The van der Waals surface area contributed by atoms with Crippen LogP contribution in [0.3, 0.4) is 0 Å². The number of carbonyl (C=O) groups is 2. The van der Waals surface area contributed by atoms with Crippen molar-refractivity contribution in [3.8, 4) is 0 Å². The molecule has 0 amide bonds. The number of ketones is 1. The van der Waals surface area contributed by atoms with Crippen LogP contribution in [0.2, 0.25) is 0 Å². The molecule has 100 valence electrons. The molecule has 0 saturated heterocycles. The molecule has 0 unspecified atom stereocenters. The fourth-order valence-electron chi connectivity index (χ4n) is 2.30. The van der Waals surface area contributed by atoms with Gasteiger partial charge in [-0.1, -0.05) is 17.8 Å². The second-order valence-electron chi connectivity index (χ2n) is 4.67. The zero-order chi connectivity index (χ0) is 14.1. The minimum atomic E-state index is -0.224. The Morgan fingerprint density at radius 3 is 2.40 bits per heavy atom. The lowest BCUT2D eigenvalue weighted by Crippen LogP contribution is -1.90. The van der Waals surface area contributed by atoms with E-state index >= 15 is 0 Å². The normalized spacial score (nSPS) is 13.3. The standard InChI is InChI=1S/C16H12O2S2/c17-15-8-3-11-9-13(6-7-14(11)15)20-12-4-1-10(2-5-12)16(18)19/h1-2,4-7,9H,3,8H2,(H,18,19). The largest absolute Gasteiger partial charge is 0.294 e. The Hall–Kier alpha value is -1.52. The fraction of sp³-hybridized carbons (Fsp3) is 0.125. The van der Waals surface area contributed by atoms with E-state index in [2.05, 4.69) is 18.7 Å². The summed E-state index contributed by atoms with van der Waals surface area (Å²) < 4.78 is 0. The van der Waals surface area contributed by atoms with Crippen LogP contribution in [0.4, 0.5) is 0 Å². The van der Waals surface area contributed by atoms with Crippen molar-refractivity contribution in [3.63, 3.8) is 0 Å². The number of carbonyl (C=O) groups excluding carboxylic acids is 2. The maximum absolute atomic E-state index is 11.6. The van der Waals surface area contributed by atoms with Gasteiger partial charge in [0.2, 0.25) is 5.12 Å². The van der Waals surface area contributed by atoms with Crippen molar-refractivity contribution in [1.29, 1.82) is 0 Å². The first-order valence-corrected chi connectivity index (χ1v) is 7.57. The lowest BCUT2D eigenvalue weighted by Gasteiger charge is -2.05. The van der Waals surface area contributed by atoms with E-state index in [9.17, 15) is 9.59 Å². The summed E-state index contributed by atoms with van der Waals surface area (Å²) in [5, 5.41) is -0.224. The van der Waals surface area contributed by atoms with Crippen LogP contribution in [-0.4, -0.2) is 10.9 Å². The summed E-state index contributed by atoms with van der Waals surface area (Å²) in [7, 11) is 0. The van der Waals surface area contributed by atoms with Gasteiger partial charge >= 0.3 is 0 Å². The van der Waals surface area contributed by atoms with Gasteiger partial charge in [-0.05, 0) is 48.4 Å². The number of fused-ring (bicyclic) bond motifs is 1. The third kappa shape index (κ3) is 2.67. The highest BCUT2D eigenvalue weighted by molar-refractivity contribution is 7.99. The van der Waals surface area contributed by atoms with E-state index in [0.29, 0.717) is 12.0 Å². The zero-order valence-corrected chi connectivity index (χ0v) is 12.3. The molecule has 0 bridgehead atoms. The van der Waals surface area contributed by atoms with Crippen molar-refractivity contribution < 1.29 is 9.59 Å². The van der Waals surface area contributed by atoms with Crippen molar-refractivity contribution in [2.45, 2.75) is 22.6 Å². The minimum Gasteiger partial charge on any atom is -0.294 e. The summed E-state index contributed by atoms with van der Waals surface area (Å²) in [5.41, 5.74) is 2.60. The van der Waals surface area contributed by atoms with Gasteiger partial charge in [-0.3, -0.25) is 9.59 Å². The molecule has 0 atom stereocenters. The summed E-state index contributed by atoms with van der Waals surface area (Å²) in [6, 6.07) is 13.3. The Morgan fingerprint density at radius 2 is 1.70 bits per heavy atom. The summed E-state index contributed by atoms with van der Waals surface area (Å²) >= 11 is 5.42. The van der Waals surface area contributed by atoms with Crippen LogP contribution in [0.1, 0.15) is 32.7 Å². The van der Waals surface area contributed by atoms with Crippen LogP contribution in [0.5, 0.6) is 0 Å². The van der Waals surface area contributed by atoms with E-state index in [1.807, 2.05) is 24.3 Å². The topological polar surface area (TPSA) is 34.1 Å². The van der Waals surface area contributed by atoms with Gasteiger partial charge in [0.05, 0.1) is 0 Å². The van der Waals surface area contributed by atoms with Gasteiger partial charge < -0.3 is 0 Å². The van der Waals surface area contributed by atoms with Crippen molar-refractivity contribution in [2.24, 2.45) is 0 Å². The molecule has 0 aromatic heterocycles. The molecule has 0 heterocycles. The van der Waals surface area contributed by atoms with Crippen LogP contribution in [0.25, 0.3) is 0 Å². The fourth-order valence-corrected chi connectivity index (χ4v) is 3.33. The smallest absolute Gasteiger partial charge is 0.216 e. The number of thiol groups is 1. The first-order valence-electron chi connectivity index (χ1n) is 6.31. The van der Waals surface area contributed by atoms with Crippen molar-refractivity contribution in [3.05, 3.63) is 59.2 Å². The van der Waals surface area contributed by atoms with E-state index in [-0.39, 0.29) is 10.9 Å². The van der Waals surface area contributed by atoms with E-state index < -0.39 is 0 Å². The molecule has 2 nitrogen and oxygen atoms in total. The van der Waals surface area contributed by atoms with E-state index in [1.54, 1.807) is 23.9 Å². The van der Waals surface area contributed by atoms with Crippen LogP contribution >= 0.6 is 24.4 Å². The number of rotatable bonds is 3. The first kappa shape index (κ1) is 13.5. The molecular weight excluding hydrogens is 288 g/mol. The van der Waals surface area contributed by atoms with Gasteiger partial charge in [0, 0.05) is 27.3 Å². The summed E-state index contributed by atoms with van der Waals surface area (Å²) in [5.74, 6) is 0.244. The Morgan fingerprint density at radius 1 is 1.00 bits per heavy atom. The van der Waals surface area contributed by atoms with Crippen LogP contribution in [-0.2, 0) is 6.42 Å². The van der Waals surface area contributed by atoms with E-state index in [4.69, 9.17) is 0 Å². The molecule has 4 heteroatoms. The van der Waals surface area contributed by atoms with Crippen molar-refractivity contribution in [1.82, 2.24) is 0 Å². The predicted molar refractivity (Wildman–Crippen MR) is 83.0 cm³/mol. The highest BCUT2D eigenvalue weighted by atomic mass is 32.2. The number of hydrogen-bond acceptors (Lipinski definition) is 3. The Balaban J connectivity index is 1.81. The molecule has 3 rings (SSSR count). The molecule has 0 fully saturated rings. The monoisotopic (exact) mass is 300 g/mol. The Bertz CT molecular complexity index is 690. The second kappa shape index (κ2) is 5.46. The number of hydrogen-bond donors (Lipinski definition) is 1. The lowest BCUT2D eigenvalue weighted by molar-refractivity contribution is 0.0994. The molecule has 0 aliphatic heterocycles. The van der Waals surface area contributed by atoms with Gasteiger partial charge in [-0.2, -0.15) is 0 Å². The van der Waals surface area contributed by atoms with Crippen LogP contribution in [0, 0.1) is 0 Å². The molecule has 2 aromatic carbocycles. The number of benzene rings is 2. The molecule has 1 aliphatic rings. The number of Topliss-reactive ketones (excluding diaryl/α,β-unsaturated/α-hetero) is 1. The number of aryl methyl sites for hydroxylation is 1. The Labute approximate surface area is 127 Å². The van der Waals surface area contributed by atoms with E-state index in [1.165, 1.54) is 0 Å². The lowest BCUT2D eigenvalue weighted by atomic mass is 10.1. The molecular formula is C16H12O2S2. The Kier molecular flexibility index (Phi) is 3.68.